The molecule has 0 atom stereocenters. The van der Waals surface area contributed by atoms with Gasteiger partial charge in [-0.2, -0.15) is 0 Å². The first kappa shape index (κ1) is 21.4. The van der Waals surface area contributed by atoms with Gasteiger partial charge in [0.05, 0.1) is 22.7 Å². The maximum atomic E-state index is 13.1. The lowest BCUT2D eigenvalue weighted by atomic mass is 9.83. The largest absolute Gasteiger partial charge is 0.325 e. The van der Waals surface area contributed by atoms with Gasteiger partial charge in [-0.05, 0) is 30.4 Å². The number of thioether (sulfide) groups is 1. The van der Waals surface area contributed by atoms with E-state index in [9.17, 15) is 14.4 Å². The summed E-state index contributed by atoms with van der Waals surface area (Å²) in [5.41, 5.74) is 2.43. The lowest BCUT2D eigenvalue weighted by molar-refractivity contribution is -0.113. The highest BCUT2D eigenvalue weighted by molar-refractivity contribution is 8.01. The van der Waals surface area contributed by atoms with Crippen molar-refractivity contribution < 1.29 is 14.4 Å². The Morgan fingerprint density at radius 1 is 0.909 bits per heavy atom. The van der Waals surface area contributed by atoms with Gasteiger partial charge in [-0.15, -0.1) is 5.10 Å². The Balaban J connectivity index is 1.34. The van der Waals surface area contributed by atoms with Crippen molar-refractivity contribution >= 4 is 58.5 Å². The average molecular weight is 490 g/mol. The molecule has 6 nitrogen and oxygen atoms in total. The Hall–Kier alpha value is -3.40. The van der Waals surface area contributed by atoms with E-state index in [1.165, 1.54) is 23.1 Å². The van der Waals surface area contributed by atoms with Crippen LogP contribution in [0.5, 0.6) is 0 Å². The average Bonchev–Trinajstić information content (AvgIpc) is 3.22. The van der Waals surface area contributed by atoms with Crippen molar-refractivity contribution in [3.63, 3.8) is 0 Å². The number of aromatic nitrogens is 2. The lowest BCUT2D eigenvalue weighted by Gasteiger charge is -2.20. The van der Waals surface area contributed by atoms with Crippen LogP contribution in [-0.2, 0) is 4.79 Å². The number of amides is 1. The summed E-state index contributed by atoms with van der Waals surface area (Å²) < 4.78 is 2.91. The molecule has 0 saturated carbocycles. The van der Waals surface area contributed by atoms with Crippen molar-refractivity contribution in [3.8, 4) is 5.69 Å². The number of fused-ring (bicyclic) bond motifs is 2. The van der Waals surface area contributed by atoms with Gasteiger partial charge in [-0.3, -0.25) is 14.4 Å². The van der Waals surface area contributed by atoms with Gasteiger partial charge in [0, 0.05) is 16.7 Å². The summed E-state index contributed by atoms with van der Waals surface area (Å²) in [7, 11) is 0. The number of hydrogen-bond acceptors (Lipinski definition) is 7. The normalized spacial score (nSPS) is 12.2. The minimum Gasteiger partial charge on any atom is -0.325 e. The van der Waals surface area contributed by atoms with E-state index in [2.05, 4.69) is 10.4 Å². The fourth-order valence-electron chi connectivity index (χ4n) is 3.61. The lowest BCUT2D eigenvalue weighted by Crippen LogP contribution is -2.24. The molecule has 5 rings (SSSR count). The smallest absolute Gasteiger partial charge is 0.234 e. The highest BCUT2D eigenvalue weighted by Crippen LogP contribution is 2.32. The Morgan fingerprint density at radius 2 is 1.58 bits per heavy atom. The third-order valence-corrected chi connectivity index (χ3v) is 7.45. The van der Waals surface area contributed by atoms with E-state index in [0.717, 1.165) is 5.69 Å². The van der Waals surface area contributed by atoms with E-state index in [1.807, 2.05) is 30.3 Å². The van der Waals surface area contributed by atoms with Crippen LogP contribution >= 0.6 is 35.3 Å². The minimum atomic E-state index is -0.306. The molecular formula is C24H15N3O3S3. The molecule has 0 radical (unpaired) electrons. The third-order valence-electron chi connectivity index (χ3n) is 5.08. The first-order chi connectivity index (χ1) is 16.0. The number of para-hydroxylation sites is 1. The van der Waals surface area contributed by atoms with E-state index in [4.69, 9.17) is 12.2 Å². The predicted molar refractivity (Wildman–Crippen MR) is 131 cm³/mol. The number of ketones is 2. The Morgan fingerprint density at radius 3 is 2.33 bits per heavy atom. The van der Waals surface area contributed by atoms with Crippen LogP contribution in [0.15, 0.2) is 77.1 Å². The predicted octanol–water partition coefficient (Wildman–Crippen LogP) is 5.17. The number of rotatable bonds is 5. The second kappa shape index (κ2) is 8.86. The standard InChI is InChI=1S/C24H15N3O3S3/c28-19(13-32-23-26-27(24(31)33-23)14-7-2-1-3-8-14)25-18-12-6-11-17-20(18)22(30)16-10-5-4-9-15(16)21(17)29/h1-12H,13H2,(H,25,28). The van der Waals surface area contributed by atoms with Crippen LogP contribution in [-0.4, -0.2) is 33.0 Å². The molecule has 0 bridgehead atoms. The Kier molecular flexibility index (Phi) is 5.76. The van der Waals surface area contributed by atoms with E-state index in [0.29, 0.717) is 30.7 Å². The zero-order chi connectivity index (χ0) is 22.9. The monoisotopic (exact) mass is 489 g/mol. The van der Waals surface area contributed by atoms with Gasteiger partial charge >= 0.3 is 0 Å². The molecule has 0 fully saturated rings. The molecule has 9 heteroatoms. The number of nitrogens with one attached hydrogen (secondary N) is 1. The first-order valence-electron chi connectivity index (χ1n) is 9.92. The summed E-state index contributed by atoms with van der Waals surface area (Å²) in [6.07, 6.45) is 0. The zero-order valence-corrected chi connectivity index (χ0v) is 19.4. The molecule has 1 aliphatic rings. The maximum Gasteiger partial charge on any atom is 0.234 e. The summed E-state index contributed by atoms with van der Waals surface area (Å²) in [6, 6.07) is 21.2. The minimum absolute atomic E-state index is 0.0828. The van der Waals surface area contributed by atoms with Crippen LogP contribution in [0.2, 0.25) is 0 Å². The Labute approximate surface area is 202 Å². The van der Waals surface area contributed by atoms with Crippen molar-refractivity contribution in [2.45, 2.75) is 4.34 Å². The van der Waals surface area contributed by atoms with Crippen LogP contribution in [0, 0.1) is 3.95 Å². The molecule has 1 aromatic heterocycles. The van der Waals surface area contributed by atoms with Gasteiger partial charge < -0.3 is 5.32 Å². The van der Waals surface area contributed by atoms with Crippen molar-refractivity contribution in [1.29, 1.82) is 0 Å². The summed E-state index contributed by atoms with van der Waals surface area (Å²) in [5.74, 6) is -0.723. The number of carbonyl (C=O) groups is 3. The molecule has 0 saturated heterocycles. The van der Waals surface area contributed by atoms with Crippen molar-refractivity contribution in [3.05, 3.63) is 99.0 Å². The van der Waals surface area contributed by atoms with E-state index in [1.54, 1.807) is 47.1 Å². The van der Waals surface area contributed by atoms with Gasteiger partial charge in [0.25, 0.3) is 0 Å². The molecule has 1 N–H and O–H groups in total. The highest BCUT2D eigenvalue weighted by Gasteiger charge is 2.31. The number of nitrogens with zero attached hydrogens (tertiary/aromatic N) is 2. The van der Waals surface area contributed by atoms with E-state index < -0.39 is 0 Å². The second-order valence-corrected chi connectivity index (χ2v) is 10.00. The third kappa shape index (κ3) is 4.06. The van der Waals surface area contributed by atoms with Crippen molar-refractivity contribution in [2.24, 2.45) is 0 Å². The second-order valence-electron chi connectivity index (χ2n) is 7.15. The van der Waals surface area contributed by atoms with Crippen LogP contribution < -0.4 is 5.32 Å². The zero-order valence-electron chi connectivity index (χ0n) is 17.0. The first-order valence-corrected chi connectivity index (χ1v) is 12.1. The molecule has 0 aliphatic heterocycles. The van der Waals surface area contributed by atoms with Crippen LogP contribution in [0.25, 0.3) is 5.69 Å². The van der Waals surface area contributed by atoms with Gasteiger partial charge in [-0.25, -0.2) is 4.68 Å². The van der Waals surface area contributed by atoms with Crippen LogP contribution in [0.3, 0.4) is 0 Å². The molecule has 33 heavy (non-hydrogen) atoms. The molecular weight excluding hydrogens is 474 g/mol. The maximum absolute atomic E-state index is 13.1. The molecule has 0 spiro atoms. The SMILES string of the molecule is O=C(CSc1nn(-c2ccccc2)c(=S)s1)Nc1cccc2c1C(=O)c1ccccc1C2=O. The fourth-order valence-corrected chi connectivity index (χ4v) is 5.78. The molecule has 4 aromatic rings. The molecule has 1 heterocycles. The van der Waals surface area contributed by atoms with Gasteiger partial charge in [0.1, 0.15) is 0 Å². The number of carbonyl (C=O) groups excluding carboxylic acids is 3. The van der Waals surface area contributed by atoms with Crippen molar-refractivity contribution in [2.75, 3.05) is 11.1 Å². The summed E-state index contributed by atoms with van der Waals surface area (Å²) in [4.78, 5) is 38.6. The van der Waals surface area contributed by atoms with Crippen molar-refractivity contribution in [1.82, 2.24) is 9.78 Å². The molecule has 162 valence electrons. The molecule has 1 aliphatic carbocycles. The number of anilines is 1. The summed E-state index contributed by atoms with van der Waals surface area (Å²) >= 11 is 7.98. The summed E-state index contributed by atoms with van der Waals surface area (Å²) in [5, 5.41) is 7.28. The molecule has 3 aromatic carbocycles. The summed E-state index contributed by atoms with van der Waals surface area (Å²) in [6.45, 7) is 0. The van der Waals surface area contributed by atoms with Gasteiger partial charge in [0.15, 0.2) is 19.9 Å². The fraction of sp³-hybridized carbons (Fsp3) is 0.0417. The highest BCUT2D eigenvalue weighted by atomic mass is 32.2. The quantitative estimate of drug-likeness (QED) is 0.271. The van der Waals surface area contributed by atoms with Crippen LogP contribution in [0.4, 0.5) is 5.69 Å². The van der Waals surface area contributed by atoms with E-state index in [-0.39, 0.29) is 28.8 Å². The number of hydrogen-bond donors (Lipinski definition) is 1. The number of benzene rings is 3. The molecule has 0 unspecified atom stereocenters. The molecule has 1 amide bonds. The van der Waals surface area contributed by atoms with Crippen LogP contribution in [0.1, 0.15) is 31.8 Å². The topological polar surface area (TPSA) is 81.1 Å². The van der Waals surface area contributed by atoms with Gasteiger partial charge in [0.2, 0.25) is 5.91 Å². The van der Waals surface area contributed by atoms with E-state index >= 15 is 0 Å². The Bertz CT molecular complexity index is 1480. The van der Waals surface area contributed by atoms with Gasteiger partial charge in [-0.1, -0.05) is 77.7 Å².